The fourth-order valence-electron chi connectivity index (χ4n) is 2.49. The highest BCUT2D eigenvalue weighted by Gasteiger charge is 2.24. The number of carbonyl (C=O) groups excluding carboxylic acids is 2. The molecule has 0 spiro atoms. The van der Waals surface area contributed by atoms with Crippen LogP contribution in [-0.2, 0) is 9.59 Å². The molecule has 0 aromatic heterocycles. The first-order valence-corrected chi connectivity index (χ1v) is 8.23. The number of hydrogen-bond donors (Lipinski definition) is 2. The Labute approximate surface area is 141 Å². The molecule has 7 nitrogen and oxygen atoms in total. The number of amides is 2. The third-order valence-corrected chi connectivity index (χ3v) is 3.86. The summed E-state index contributed by atoms with van der Waals surface area (Å²) in [5, 5.41) is 5.73. The SMILES string of the molecule is CN(CC(=O)NC[C@H]1COc2ccccc2O1)CC(=O)NC1CC1. The summed E-state index contributed by atoms with van der Waals surface area (Å²) in [5.74, 6) is 1.24. The van der Waals surface area contributed by atoms with E-state index in [1.54, 1.807) is 11.9 Å². The molecule has 1 saturated carbocycles. The number of para-hydroxylation sites is 2. The first-order chi connectivity index (χ1) is 11.6. The molecule has 2 aliphatic rings. The van der Waals surface area contributed by atoms with Crippen LogP contribution in [0.4, 0.5) is 0 Å². The molecule has 2 N–H and O–H groups in total. The fraction of sp³-hybridized carbons (Fsp3) is 0.529. The summed E-state index contributed by atoms with van der Waals surface area (Å²) in [5.41, 5.74) is 0. The van der Waals surface area contributed by atoms with Gasteiger partial charge in [-0.25, -0.2) is 0 Å². The maximum atomic E-state index is 12.0. The lowest BCUT2D eigenvalue weighted by atomic mass is 10.2. The number of likely N-dealkylation sites (N-methyl/N-ethyl adjacent to an activating group) is 1. The van der Waals surface area contributed by atoms with E-state index in [1.165, 1.54) is 0 Å². The normalized spacial score (nSPS) is 19.0. The average molecular weight is 333 g/mol. The Morgan fingerprint density at radius 2 is 1.88 bits per heavy atom. The summed E-state index contributed by atoms with van der Waals surface area (Å²) in [6.07, 6.45) is 1.90. The predicted octanol–water partition coefficient (Wildman–Crippen LogP) is 0.153. The predicted molar refractivity (Wildman–Crippen MR) is 88.0 cm³/mol. The molecule has 1 aromatic carbocycles. The molecule has 1 aromatic rings. The van der Waals surface area contributed by atoms with Gasteiger partial charge in [-0.05, 0) is 32.0 Å². The molecule has 1 fully saturated rings. The molecular formula is C17H23N3O4. The Kier molecular flexibility index (Phi) is 5.20. The van der Waals surface area contributed by atoms with Crippen molar-refractivity contribution >= 4 is 11.8 Å². The standard InChI is InChI=1S/C17H23N3O4/c1-20(10-17(22)19-12-6-7-12)9-16(21)18-8-13-11-23-14-4-2-3-5-15(14)24-13/h2-5,12-13H,6-11H2,1H3,(H,18,21)(H,19,22)/t13-/m0/s1. The molecule has 0 radical (unpaired) electrons. The molecule has 24 heavy (non-hydrogen) atoms. The largest absolute Gasteiger partial charge is 0.486 e. The number of ether oxygens (including phenoxy) is 2. The van der Waals surface area contributed by atoms with Gasteiger partial charge < -0.3 is 20.1 Å². The van der Waals surface area contributed by atoms with E-state index in [0.717, 1.165) is 18.6 Å². The van der Waals surface area contributed by atoms with E-state index < -0.39 is 0 Å². The molecule has 0 bridgehead atoms. The van der Waals surface area contributed by atoms with Gasteiger partial charge in [-0.15, -0.1) is 0 Å². The maximum Gasteiger partial charge on any atom is 0.234 e. The number of hydrogen-bond acceptors (Lipinski definition) is 5. The fourth-order valence-corrected chi connectivity index (χ4v) is 2.49. The highest BCUT2D eigenvalue weighted by Crippen LogP contribution is 2.30. The van der Waals surface area contributed by atoms with Crippen molar-refractivity contribution in [3.63, 3.8) is 0 Å². The van der Waals surface area contributed by atoms with Crippen molar-refractivity contribution in [1.82, 2.24) is 15.5 Å². The van der Waals surface area contributed by atoms with Crippen LogP contribution in [0, 0.1) is 0 Å². The van der Waals surface area contributed by atoms with Gasteiger partial charge >= 0.3 is 0 Å². The van der Waals surface area contributed by atoms with Crippen molar-refractivity contribution in [1.29, 1.82) is 0 Å². The van der Waals surface area contributed by atoms with E-state index in [2.05, 4.69) is 10.6 Å². The van der Waals surface area contributed by atoms with Crippen molar-refractivity contribution < 1.29 is 19.1 Å². The summed E-state index contributed by atoms with van der Waals surface area (Å²) < 4.78 is 11.4. The Bertz CT molecular complexity index is 603. The van der Waals surface area contributed by atoms with Gasteiger partial charge in [-0.2, -0.15) is 0 Å². The van der Waals surface area contributed by atoms with Crippen LogP contribution < -0.4 is 20.1 Å². The van der Waals surface area contributed by atoms with Gasteiger partial charge in [0.25, 0.3) is 0 Å². The number of rotatable bonds is 7. The second-order valence-electron chi connectivity index (χ2n) is 6.32. The van der Waals surface area contributed by atoms with Gasteiger partial charge in [0.15, 0.2) is 11.5 Å². The number of nitrogens with one attached hydrogen (secondary N) is 2. The zero-order valence-corrected chi connectivity index (χ0v) is 13.8. The summed E-state index contributed by atoms with van der Waals surface area (Å²) in [6.45, 7) is 1.16. The van der Waals surface area contributed by atoms with Crippen molar-refractivity contribution in [2.24, 2.45) is 0 Å². The van der Waals surface area contributed by atoms with Gasteiger partial charge in [-0.3, -0.25) is 14.5 Å². The van der Waals surface area contributed by atoms with Crippen LogP contribution in [0.2, 0.25) is 0 Å². The van der Waals surface area contributed by atoms with Gasteiger partial charge in [-0.1, -0.05) is 12.1 Å². The van der Waals surface area contributed by atoms with Crippen LogP contribution in [0.15, 0.2) is 24.3 Å². The molecule has 0 unspecified atom stereocenters. The van der Waals surface area contributed by atoms with E-state index in [1.807, 2.05) is 24.3 Å². The third kappa shape index (κ3) is 4.86. The van der Waals surface area contributed by atoms with Crippen LogP contribution in [0.5, 0.6) is 11.5 Å². The highest BCUT2D eigenvalue weighted by molar-refractivity contribution is 5.81. The molecule has 1 aliphatic carbocycles. The number of nitrogens with zero attached hydrogens (tertiary/aromatic N) is 1. The Balaban J connectivity index is 1.35. The highest BCUT2D eigenvalue weighted by atomic mass is 16.6. The molecular weight excluding hydrogens is 310 g/mol. The topological polar surface area (TPSA) is 79.9 Å². The maximum absolute atomic E-state index is 12.0. The molecule has 7 heteroatoms. The monoisotopic (exact) mass is 333 g/mol. The van der Waals surface area contributed by atoms with Gasteiger partial charge in [0.05, 0.1) is 19.6 Å². The molecule has 1 heterocycles. The van der Waals surface area contributed by atoms with Crippen LogP contribution >= 0.6 is 0 Å². The summed E-state index contributed by atoms with van der Waals surface area (Å²) in [7, 11) is 1.75. The van der Waals surface area contributed by atoms with Crippen LogP contribution in [0.1, 0.15) is 12.8 Å². The zero-order chi connectivity index (χ0) is 16.9. The Hall–Kier alpha value is -2.28. The lowest BCUT2D eigenvalue weighted by Gasteiger charge is -2.26. The van der Waals surface area contributed by atoms with Crippen molar-refractivity contribution in [2.75, 3.05) is 33.3 Å². The molecule has 1 atom stereocenters. The van der Waals surface area contributed by atoms with Crippen molar-refractivity contribution in [2.45, 2.75) is 25.0 Å². The molecule has 3 rings (SSSR count). The molecule has 2 amide bonds. The van der Waals surface area contributed by atoms with E-state index >= 15 is 0 Å². The second-order valence-corrected chi connectivity index (χ2v) is 6.32. The average Bonchev–Trinajstić information content (AvgIpc) is 3.36. The van der Waals surface area contributed by atoms with Gasteiger partial charge in [0.1, 0.15) is 12.7 Å². The Morgan fingerprint density at radius 3 is 2.62 bits per heavy atom. The van der Waals surface area contributed by atoms with Crippen molar-refractivity contribution in [3.05, 3.63) is 24.3 Å². The lowest BCUT2D eigenvalue weighted by Crippen LogP contribution is -2.45. The van der Waals surface area contributed by atoms with Gasteiger partial charge in [0, 0.05) is 6.04 Å². The van der Waals surface area contributed by atoms with E-state index in [0.29, 0.717) is 24.9 Å². The quantitative estimate of drug-likeness (QED) is 0.743. The minimum Gasteiger partial charge on any atom is -0.486 e. The minimum atomic E-state index is -0.215. The van der Waals surface area contributed by atoms with Crippen LogP contribution in [-0.4, -0.2) is 62.1 Å². The summed E-state index contributed by atoms with van der Waals surface area (Å²) in [6, 6.07) is 7.80. The summed E-state index contributed by atoms with van der Waals surface area (Å²) >= 11 is 0. The van der Waals surface area contributed by atoms with E-state index in [-0.39, 0.29) is 31.0 Å². The Morgan fingerprint density at radius 1 is 1.17 bits per heavy atom. The molecule has 130 valence electrons. The van der Waals surface area contributed by atoms with Crippen LogP contribution in [0.25, 0.3) is 0 Å². The van der Waals surface area contributed by atoms with E-state index in [4.69, 9.17) is 9.47 Å². The van der Waals surface area contributed by atoms with Crippen LogP contribution in [0.3, 0.4) is 0 Å². The lowest BCUT2D eigenvalue weighted by molar-refractivity contribution is -0.124. The van der Waals surface area contributed by atoms with Gasteiger partial charge in [0.2, 0.25) is 11.8 Å². The second kappa shape index (κ2) is 7.53. The van der Waals surface area contributed by atoms with E-state index in [9.17, 15) is 9.59 Å². The number of benzene rings is 1. The zero-order valence-electron chi connectivity index (χ0n) is 13.8. The third-order valence-electron chi connectivity index (χ3n) is 3.86. The summed E-state index contributed by atoms with van der Waals surface area (Å²) in [4.78, 5) is 25.4. The molecule has 1 aliphatic heterocycles. The number of carbonyl (C=O) groups is 2. The first-order valence-electron chi connectivity index (χ1n) is 8.23. The smallest absolute Gasteiger partial charge is 0.234 e. The van der Waals surface area contributed by atoms with Crippen molar-refractivity contribution in [3.8, 4) is 11.5 Å². The molecule has 0 saturated heterocycles. The first kappa shape index (κ1) is 16.6. The minimum absolute atomic E-state index is 0.0339. The number of fused-ring (bicyclic) bond motifs is 1.